The first-order valence-electron chi connectivity index (χ1n) is 6.52. The summed E-state index contributed by atoms with van der Waals surface area (Å²) in [5, 5.41) is 0. The van der Waals surface area contributed by atoms with Crippen molar-refractivity contribution in [2.45, 2.75) is 64.2 Å². The van der Waals surface area contributed by atoms with E-state index in [1.807, 2.05) is 39.8 Å². The van der Waals surface area contributed by atoms with Gasteiger partial charge < -0.3 is 4.55 Å². The maximum Gasteiger partial charge on any atom is 0.0318 e. The Kier molecular flexibility index (Phi) is 5.11. The molecule has 18 heavy (non-hydrogen) atoms. The zero-order valence-corrected chi connectivity index (χ0v) is 12.9. The molecule has 0 aliphatic rings. The molecule has 0 aliphatic heterocycles. The summed E-state index contributed by atoms with van der Waals surface area (Å²) in [6.07, 6.45) is 0. The second-order valence-corrected chi connectivity index (χ2v) is 6.60. The molecular formula is C15H23O2S-. The Balaban J connectivity index is 3.60. The van der Waals surface area contributed by atoms with Gasteiger partial charge in [-0.3, -0.25) is 4.21 Å². The minimum atomic E-state index is -2.16. The lowest BCUT2D eigenvalue weighted by molar-refractivity contribution is 0.532. The third-order valence-corrected chi connectivity index (χ3v) is 4.05. The summed E-state index contributed by atoms with van der Waals surface area (Å²) in [6, 6.07) is 4.10. The van der Waals surface area contributed by atoms with Gasteiger partial charge in [-0.05, 0) is 45.5 Å². The standard InChI is InChI=1S/C15H24O2S/c1-9(2)12-7-13(10(3)4)15(18(16)17)14(8-12)11(5)6/h7-11H,1-6H3,(H,16,17)/p-1. The van der Waals surface area contributed by atoms with Crippen LogP contribution in [-0.4, -0.2) is 8.76 Å². The zero-order chi connectivity index (χ0) is 14.0. The average molecular weight is 267 g/mol. The average Bonchev–Trinajstić information content (AvgIpc) is 2.26. The molecule has 0 spiro atoms. The SMILES string of the molecule is CC(C)c1cc(C(C)C)c(S(=O)[O-])c(C(C)C)c1. The molecule has 0 saturated heterocycles. The predicted octanol–water partition coefficient (Wildman–Crippen LogP) is 4.29. The van der Waals surface area contributed by atoms with Crippen molar-refractivity contribution in [3.8, 4) is 0 Å². The summed E-state index contributed by atoms with van der Waals surface area (Å²) in [5.41, 5.74) is 3.10. The fraction of sp³-hybridized carbons (Fsp3) is 0.600. The summed E-state index contributed by atoms with van der Waals surface area (Å²) in [4.78, 5) is 0.504. The van der Waals surface area contributed by atoms with Crippen LogP contribution in [0.3, 0.4) is 0 Å². The fourth-order valence-corrected chi connectivity index (χ4v) is 3.06. The van der Waals surface area contributed by atoms with Crippen LogP contribution in [0.4, 0.5) is 0 Å². The van der Waals surface area contributed by atoms with E-state index in [9.17, 15) is 8.76 Å². The van der Waals surface area contributed by atoms with Crippen LogP contribution >= 0.6 is 0 Å². The predicted molar refractivity (Wildman–Crippen MR) is 75.9 cm³/mol. The molecule has 0 saturated carbocycles. The quantitative estimate of drug-likeness (QED) is 0.763. The molecule has 1 rings (SSSR count). The van der Waals surface area contributed by atoms with Crippen molar-refractivity contribution in [2.24, 2.45) is 0 Å². The maximum atomic E-state index is 11.5. The molecule has 102 valence electrons. The molecular weight excluding hydrogens is 244 g/mol. The topological polar surface area (TPSA) is 40.1 Å². The number of hydrogen-bond donors (Lipinski definition) is 0. The normalized spacial score (nSPS) is 13.7. The van der Waals surface area contributed by atoms with Crippen LogP contribution in [0.15, 0.2) is 17.0 Å². The maximum absolute atomic E-state index is 11.5. The minimum absolute atomic E-state index is 0.217. The molecule has 0 bridgehead atoms. The van der Waals surface area contributed by atoms with Crippen LogP contribution < -0.4 is 0 Å². The van der Waals surface area contributed by atoms with Crippen molar-refractivity contribution in [2.75, 3.05) is 0 Å². The molecule has 0 aliphatic carbocycles. The van der Waals surface area contributed by atoms with Gasteiger partial charge in [-0.25, -0.2) is 0 Å². The second kappa shape index (κ2) is 5.98. The molecule has 0 radical (unpaired) electrons. The van der Waals surface area contributed by atoms with Crippen LogP contribution in [0, 0.1) is 0 Å². The minimum Gasteiger partial charge on any atom is -0.768 e. The summed E-state index contributed by atoms with van der Waals surface area (Å²) < 4.78 is 23.1. The van der Waals surface area contributed by atoms with Crippen molar-refractivity contribution >= 4 is 11.1 Å². The van der Waals surface area contributed by atoms with Gasteiger partial charge in [0.1, 0.15) is 0 Å². The molecule has 0 aromatic heterocycles. The number of rotatable bonds is 4. The van der Waals surface area contributed by atoms with Gasteiger partial charge in [-0.2, -0.15) is 0 Å². The molecule has 1 unspecified atom stereocenters. The highest BCUT2D eigenvalue weighted by molar-refractivity contribution is 7.79. The Morgan fingerprint density at radius 1 is 0.889 bits per heavy atom. The third-order valence-electron chi connectivity index (χ3n) is 3.25. The first-order valence-corrected chi connectivity index (χ1v) is 7.60. The van der Waals surface area contributed by atoms with Crippen molar-refractivity contribution in [1.29, 1.82) is 0 Å². The Bertz CT molecular complexity index is 419. The molecule has 0 N–H and O–H groups in total. The molecule has 0 amide bonds. The monoisotopic (exact) mass is 267 g/mol. The Hall–Kier alpha value is -0.670. The fourth-order valence-electron chi connectivity index (χ4n) is 2.08. The molecule has 0 heterocycles. The summed E-state index contributed by atoms with van der Waals surface area (Å²) in [7, 11) is 0. The Morgan fingerprint density at radius 3 is 1.50 bits per heavy atom. The molecule has 0 fully saturated rings. The summed E-state index contributed by atoms with van der Waals surface area (Å²) in [6.45, 7) is 12.4. The van der Waals surface area contributed by atoms with E-state index in [4.69, 9.17) is 0 Å². The lowest BCUT2D eigenvalue weighted by Gasteiger charge is -2.23. The van der Waals surface area contributed by atoms with E-state index in [2.05, 4.69) is 13.8 Å². The highest BCUT2D eigenvalue weighted by atomic mass is 32.2. The molecule has 2 nitrogen and oxygen atoms in total. The second-order valence-electron chi connectivity index (χ2n) is 5.73. The van der Waals surface area contributed by atoms with Crippen LogP contribution in [0.25, 0.3) is 0 Å². The van der Waals surface area contributed by atoms with Gasteiger partial charge in [0.2, 0.25) is 0 Å². The van der Waals surface area contributed by atoms with Gasteiger partial charge >= 0.3 is 0 Å². The smallest absolute Gasteiger partial charge is 0.0318 e. The van der Waals surface area contributed by atoms with Gasteiger partial charge in [0.15, 0.2) is 0 Å². The van der Waals surface area contributed by atoms with E-state index >= 15 is 0 Å². The van der Waals surface area contributed by atoms with Crippen LogP contribution in [0.5, 0.6) is 0 Å². The first-order chi connectivity index (χ1) is 8.25. The van der Waals surface area contributed by atoms with E-state index in [0.717, 1.165) is 11.1 Å². The van der Waals surface area contributed by atoms with E-state index in [0.29, 0.717) is 10.8 Å². The molecule has 1 aromatic carbocycles. The van der Waals surface area contributed by atoms with Crippen molar-refractivity contribution in [3.05, 3.63) is 28.8 Å². The van der Waals surface area contributed by atoms with Crippen molar-refractivity contribution in [1.82, 2.24) is 0 Å². The van der Waals surface area contributed by atoms with Gasteiger partial charge in [0.05, 0.1) is 0 Å². The van der Waals surface area contributed by atoms with Crippen LogP contribution in [-0.2, 0) is 11.1 Å². The third kappa shape index (κ3) is 3.21. The largest absolute Gasteiger partial charge is 0.768 e. The summed E-state index contributed by atoms with van der Waals surface area (Å²) >= 11 is -2.16. The van der Waals surface area contributed by atoms with E-state index in [1.54, 1.807) is 0 Å². The zero-order valence-electron chi connectivity index (χ0n) is 12.1. The van der Waals surface area contributed by atoms with Crippen molar-refractivity contribution in [3.63, 3.8) is 0 Å². The summed E-state index contributed by atoms with van der Waals surface area (Å²) in [5.74, 6) is 0.845. The van der Waals surface area contributed by atoms with E-state index in [1.165, 1.54) is 5.56 Å². The van der Waals surface area contributed by atoms with Crippen LogP contribution in [0.2, 0.25) is 0 Å². The Morgan fingerprint density at radius 2 is 1.28 bits per heavy atom. The first kappa shape index (κ1) is 15.4. The molecule has 1 aromatic rings. The highest BCUT2D eigenvalue weighted by Crippen LogP contribution is 2.33. The van der Waals surface area contributed by atoms with Crippen LogP contribution in [0.1, 0.15) is 76.0 Å². The van der Waals surface area contributed by atoms with Gasteiger partial charge in [0.25, 0.3) is 0 Å². The van der Waals surface area contributed by atoms with Crippen molar-refractivity contribution < 1.29 is 8.76 Å². The van der Waals surface area contributed by atoms with Gasteiger partial charge in [0, 0.05) is 4.90 Å². The van der Waals surface area contributed by atoms with E-state index in [-0.39, 0.29) is 11.8 Å². The highest BCUT2D eigenvalue weighted by Gasteiger charge is 2.17. The molecule has 3 heteroatoms. The lowest BCUT2D eigenvalue weighted by atomic mass is 9.89. The lowest BCUT2D eigenvalue weighted by Crippen LogP contribution is -2.07. The van der Waals surface area contributed by atoms with E-state index < -0.39 is 11.1 Å². The number of benzene rings is 1. The van der Waals surface area contributed by atoms with Gasteiger partial charge in [-0.1, -0.05) is 53.7 Å². The Labute approximate surface area is 113 Å². The number of hydrogen-bond acceptors (Lipinski definition) is 2. The molecule has 1 atom stereocenters. The van der Waals surface area contributed by atoms with Gasteiger partial charge in [-0.15, -0.1) is 0 Å².